The van der Waals surface area contributed by atoms with E-state index in [1.165, 1.54) is 6.42 Å². The number of halogens is 1. The number of nitrogens with one attached hydrogen (secondary N) is 1. The highest BCUT2D eigenvalue weighted by Crippen LogP contribution is 2.60. The molecule has 2 N–H and O–H groups in total. The van der Waals surface area contributed by atoms with Gasteiger partial charge in [0.25, 0.3) is 0 Å². The molecule has 0 radical (unpaired) electrons. The van der Waals surface area contributed by atoms with Crippen LogP contribution in [0.5, 0.6) is 0 Å². The number of carbonyl (C=O) groups is 1. The van der Waals surface area contributed by atoms with Crippen molar-refractivity contribution in [3.63, 3.8) is 0 Å². The van der Waals surface area contributed by atoms with E-state index in [-0.39, 0.29) is 22.8 Å². The van der Waals surface area contributed by atoms with Gasteiger partial charge in [0.15, 0.2) is 0 Å². The summed E-state index contributed by atoms with van der Waals surface area (Å²) in [5, 5.41) is 12.0. The molecule has 4 rings (SSSR count). The van der Waals surface area contributed by atoms with Gasteiger partial charge in [0.05, 0.1) is 6.54 Å². The van der Waals surface area contributed by atoms with Gasteiger partial charge in [-0.2, -0.15) is 0 Å². The average molecular weight is 289 g/mol. The summed E-state index contributed by atoms with van der Waals surface area (Å²) in [6.07, 6.45) is 5.21. The molecular weight excluding hydrogens is 270 g/mol. The SMILES string of the molecule is [2H]C1C2(Br)CC3CC(C2)CC1(NCC(=O)O)C3. The van der Waals surface area contributed by atoms with Crippen molar-refractivity contribution in [2.24, 2.45) is 11.8 Å². The second-order valence-corrected chi connectivity index (χ2v) is 7.45. The van der Waals surface area contributed by atoms with Crippen LogP contribution in [0.1, 0.15) is 39.9 Å². The average Bonchev–Trinajstić information content (AvgIpc) is 2.22. The van der Waals surface area contributed by atoms with E-state index in [2.05, 4.69) is 21.2 Å². The van der Waals surface area contributed by atoms with Crippen LogP contribution >= 0.6 is 15.9 Å². The predicted molar refractivity (Wildman–Crippen MR) is 64.7 cm³/mol. The Morgan fingerprint density at radius 1 is 1.44 bits per heavy atom. The number of alkyl halides is 1. The van der Waals surface area contributed by atoms with Crippen LogP contribution in [-0.2, 0) is 4.79 Å². The summed E-state index contributed by atoms with van der Waals surface area (Å²) >= 11 is 3.79. The summed E-state index contributed by atoms with van der Waals surface area (Å²) in [6, 6.07) is 0. The Balaban J connectivity index is 1.86. The minimum Gasteiger partial charge on any atom is -0.480 e. The maximum absolute atomic E-state index is 10.7. The topological polar surface area (TPSA) is 49.3 Å². The molecular formula is C12H18BrNO2. The number of hydrogen-bond acceptors (Lipinski definition) is 2. The largest absolute Gasteiger partial charge is 0.480 e. The quantitative estimate of drug-likeness (QED) is 0.783. The molecule has 4 aliphatic carbocycles. The molecule has 16 heavy (non-hydrogen) atoms. The third-order valence-corrected chi connectivity index (χ3v) is 5.23. The van der Waals surface area contributed by atoms with Crippen molar-refractivity contribution in [2.45, 2.75) is 48.4 Å². The fourth-order valence-corrected chi connectivity index (χ4v) is 5.64. The summed E-state index contributed by atoms with van der Waals surface area (Å²) < 4.78 is 8.42. The van der Waals surface area contributed by atoms with Crippen molar-refractivity contribution < 1.29 is 11.3 Å². The molecule has 0 spiro atoms. The van der Waals surface area contributed by atoms with Gasteiger partial charge in [-0.1, -0.05) is 15.9 Å². The molecule has 3 atom stereocenters. The van der Waals surface area contributed by atoms with E-state index in [1.54, 1.807) is 0 Å². The van der Waals surface area contributed by atoms with E-state index in [1.807, 2.05) is 0 Å². The smallest absolute Gasteiger partial charge is 0.317 e. The molecule has 0 aliphatic heterocycles. The van der Waals surface area contributed by atoms with Crippen molar-refractivity contribution in [3.05, 3.63) is 0 Å². The molecule has 3 unspecified atom stereocenters. The van der Waals surface area contributed by atoms with Crippen molar-refractivity contribution in [1.29, 1.82) is 0 Å². The highest BCUT2D eigenvalue weighted by Gasteiger charge is 2.56. The lowest BCUT2D eigenvalue weighted by Gasteiger charge is -2.60. The summed E-state index contributed by atoms with van der Waals surface area (Å²) in [5.41, 5.74) is -0.258. The molecule has 0 aromatic carbocycles. The van der Waals surface area contributed by atoms with Crippen molar-refractivity contribution in [1.82, 2.24) is 5.32 Å². The lowest BCUT2D eigenvalue weighted by atomic mass is 9.53. The van der Waals surface area contributed by atoms with Crippen LogP contribution in [0.2, 0.25) is 0 Å². The summed E-state index contributed by atoms with van der Waals surface area (Å²) in [4.78, 5) is 10.7. The van der Waals surface area contributed by atoms with Crippen molar-refractivity contribution in [2.75, 3.05) is 6.54 Å². The number of carboxylic acids is 1. The Bertz CT molecular complexity index is 348. The lowest BCUT2D eigenvalue weighted by Crippen LogP contribution is -2.63. The summed E-state index contributed by atoms with van der Waals surface area (Å²) in [6.45, 7) is -0.0160. The fourth-order valence-electron chi connectivity index (χ4n) is 4.28. The summed E-state index contributed by atoms with van der Waals surface area (Å²) in [5.74, 6) is 0.520. The van der Waals surface area contributed by atoms with Gasteiger partial charge >= 0.3 is 5.97 Å². The van der Waals surface area contributed by atoms with Gasteiger partial charge in [0.1, 0.15) is 0 Å². The van der Waals surface area contributed by atoms with Gasteiger partial charge < -0.3 is 10.4 Å². The zero-order valence-electron chi connectivity index (χ0n) is 10.2. The zero-order valence-corrected chi connectivity index (χ0v) is 10.8. The second-order valence-electron chi connectivity index (χ2n) is 5.87. The Morgan fingerprint density at radius 2 is 2.06 bits per heavy atom. The number of rotatable bonds is 3. The number of carboxylic acid groups (broad SMARTS) is 1. The second kappa shape index (κ2) is 3.45. The van der Waals surface area contributed by atoms with Crippen molar-refractivity contribution in [3.8, 4) is 0 Å². The molecule has 4 aliphatic rings. The monoisotopic (exact) mass is 288 g/mol. The standard InChI is InChI=1S/C12H18BrNO2/c13-11-2-8-1-9(3-11)5-12(4-8,7-11)14-6-10(15)16/h8-9,14H,1-7H2,(H,15,16)/i7D. The van der Waals surface area contributed by atoms with Crippen LogP contribution in [0.15, 0.2) is 0 Å². The molecule has 4 bridgehead atoms. The molecule has 90 valence electrons. The predicted octanol–water partition coefficient (Wildman–Crippen LogP) is 2.15. The van der Waals surface area contributed by atoms with Crippen molar-refractivity contribution >= 4 is 21.9 Å². The molecule has 0 aromatic rings. The highest BCUT2D eigenvalue weighted by molar-refractivity contribution is 9.10. The molecule has 0 aromatic heterocycles. The van der Waals surface area contributed by atoms with E-state index >= 15 is 0 Å². The summed E-state index contributed by atoms with van der Waals surface area (Å²) in [7, 11) is 0. The first kappa shape index (κ1) is 9.89. The zero-order chi connectivity index (χ0) is 12.3. The first-order valence-corrected chi connectivity index (χ1v) is 6.81. The highest BCUT2D eigenvalue weighted by atomic mass is 79.9. The van der Waals surface area contributed by atoms with E-state index in [9.17, 15) is 4.79 Å². The molecule has 3 nitrogen and oxygen atoms in total. The van der Waals surface area contributed by atoms with Crippen LogP contribution in [0, 0.1) is 11.8 Å². The normalized spacial score (nSPS) is 55.1. The van der Waals surface area contributed by atoms with Gasteiger partial charge in [0, 0.05) is 11.2 Å². The van der Waals surface area contributed by atoms with E-state index in [0.717, 1.165) is 25.7 Å². The van der Waals surface area contributed by atoms with Gasteiger partial charge in [-0.05, 0) is 50.3 Å². The Hall–Kier alpha value is -0.0900. The number of hydrogen-bond donors (Lipinski definition) is 2. The minimum absolute atomic E-state index is 0.0160. The first-order chi connectivity index (χ1) is 7.93. The minimum atomic E-state index is -0.823. The molecule has 4 fully saturated rings. The van der Waals surface area contributed by atoms with Crippen LogP contribution < -0.4 is 5.32 Å². The molecule has 4 heteroatoms. The molecule has 4 saturated carbocycles. The van der Waals surface area contributed by atoms with Crippen LogP contribution in [0.25, 0.3) is 0 Å². The third-order valence-electron chi connectivity index (χ3n) is 4.36. The van der Waals surface area contributed by atoms with Gasteiger partial charge in [-0.15, -0.1) is 0 Å². The van der Waals surface area contributed by atoms with Gasteiger partial charge in [-0.25, -0.2) is 0 Å². The molecule has 0 saturated heterocycles. The van der Waals surface area contributed by atoms with Gasteiger partial charge in [0.2, 0.25) is 0 Å². The number of aliphatic carboxylic acids is 1. The third kappa shape index (κ3) is 1.80. The van der Waals surface area contributed by atoms with Crippen LogP contribution in [-0.4, -0.2) is 27.5 Å². The van der Waals surface area contributed by atoms with E-state index in [0.29, 0.717) is 11.8 Å². The Kier molecular flexibility index (Phi) is 2.13. The van der Waals surface area contributed by atoms with Gasteiger partial charge in [-0.3, -0.25) is 4.79 Å². The van der Waals surface area contributed by atoms with E-state index in [4.69, 9.17) is 6.48 Å². The fraction of sp³-hybridized carbons (Fsp3) is 0.917. The molecule has 0 amide bonds. The first-order valence-electron chi connectivity index (χ1n) is 6.59. The van der Waals surface area contributed by atoms with E-state index < -0.39 is 5.97 Å². The maximum atomic E-state index is 10.7. The Morgan fingerprint density at radius 3 is 2.62 bits per heavy atom. The maximum Gasteiger partial charge on any atom is 0.317 e. The Labute approximate surface area is 106 Å². The lowest BCUT2D eigenvalue weighted by molar-refractivity contribution is -0.137. The van der Waals surface area contributed by atoms with Crippen LogP contribution in [0.3, 0.4) is 0 Å². The molecule has 0 heterocycles. The van der Waals surface area contributed by atoms with Crippen LogP contribution in [0.4, 0.5) is 0 Å².